The van der Waals surface area contributed by atoms with Gasteiger partial charge < -0.3 is 10.4 Å². The number of phenols is 1. The number of carbonyl (C=O) groups excluding carboxylic acids is 1. The molecule has 1 aromatic heterocycles. The molecule has 3 aromatic carbocycles. The molecule has 32 heavy (non-hydrogen) atoms. The molecule has 0 radical (unpaired) electrons. The number of anilines is 1. The summed E-state index contributed by atoms with van der Waals surface area (Å²) in [5, 5.41) is 24.7. The van der Waals surface area contributed by atoms with Crippen LogP contribution in [0.15, 0.2) is 72.4 Å². The molecule has 0 saturated carbocycles. The minimum Gasteiger partial charge on any atom is -0.507 e. The van der Waals surface area contributed by atoms with Gasteiger partial charge in [0.2, 0.25) is 5.91 Å². The fraction of sp³-hybridized carbons (Fsp3) is 0.160. The Balaban J connectivity index is 1.56. The summed E-state index contributed by atoms with van der Waals surface area (Å²) in [6, 6.07) is 17.4. The summed E-state index contributed by atoms with van der Waals surface area (Å²) < 4.78 is 1.85. The second kappa shape index (κ2) is 9.28. The number of hydrogen-bond acceptors (Lipinski definition) is 5. The van der Waals surface area contributed by atoms with Crippen molar-refractivity contribution in [1.82, 2.24) is 14.8 Å². The van der Waals surface area contributed by atoms with Crippen LogP contribution in [0, 0.1) is 13.8 Å². The molecule has 0 aliphatic rings. The number of benzene rings is 3. The molecule has 0 aliphatic carbocycles. The van der Waals surface area contributed by atoms with Crippen LogP contribution in [0.4, 0.5) is 5.69 Å². The third kappa shape index (κ3) is 4.53. The molecule has 2 N–H and O–H groups in total. The lowest BCUT2D eigenvalue weighted by Crippen LogP contribution is -2.15. The van der Waals surface area contributed by atoms with Crippen LogP contribution in [-0.2, 0) is 11.3 Å². The number of thioether (sulfide) groups is 1. The Morgan fingerprint density at radius 3 is 2.59 bits per heavy atom. The average Bonchev–Trinajstić information content (AvgIpc) is 3.16. The molecule has 0 atom stereocenters. The zero-order chi connectivity index (χ0) is 22.7. The van der Waals surface area contributed by atoms with Gasteiger partial charge in [0.25, 0.3) is 0 Å². The first-order valence-electron chi connectivity index (χ1n) is 10.2. The van der Waals surface area contributed by atoms with Crippen LogP contribution < -0.4 is 5.32 Å². The number of aromatic nitrogens is 3. The van der Waals surface area contributed by atoms with E-state index in [1.165, 1.54) is 11.8 Å². The van der Waals surface area contributed by atoms with Crippen LogP contribution >= 0.6 is 11.8 Å². The highest BCUT2D eigenvalue weighted by molar-refractivity contribution is 7.99. The molecule has 162 valence electrons. The van der Waals surface area contributed by atoms with Gasteiger partial charge >= 0.3 is 0 Å². The van der Waals surface area contributed by atoms with Gasteiger partial charge in [0.05, 0.1) is 11.3 Å². The van der Waals surface area contributed by atoms with Crippen LogP contribution in [0.5, 0.6) is 5.75 Å². The lowest BCUT2D eigenvalue weighted by Gasteiger charge is -2.11. The second-order valence-electron chi connectivity index (χ2n) is 7.58. The summed E-state index contributed by atoms with van der Waals surface area (Å²) in [5.41, 5.74) is 3.56. The van der Waals surface area contributed by atoms with Gasteiger partial charge in [0.15, 0.2) is 11.0 Å². The number of nitrogens with zero attached hydrogens (tertiary/aromatic N) is 3. The molecule has 0 bridgehead atoms. The molecule has 0 aliphatic heterocycles. The topological polar surface area (TPSA) is 80.0 Å². The molecule has 0 spiro atoms. The Hall–Kier alpha value is -3.58. The van der Waals surface area contributed by atoms with Crippen molar-refractivity contribution in [2.45, 2.75) is 25.5 Å². The number of aryl methyl sites for hydroxylation is 2. The third-order valence-corrected chi connectivity index (χ3v) is 6.09. The Kier molecular flexibility index (Phi) is 6.28. The van der Waals surface area contributed by atoms with E-state index in [4.69, 9.17) is 0 Å². The van der Waals surface area contributed by atoms with Crippen molar-refractivity contribution in [2.24, 2.45) is 0 Å². The van der Waals surface area contributed by atoms with Gasteiger partial charge in [-0.3, -0.25) is 9.36 Å². The van der Waals surface area contributed by atoms with Crippen LogP contribution in [0.3, 0.4) is 0 Å². The molecular weight excluding hydrogens is 420 g/mol. The smallest absolute Gasteiger partial charge is 0.234 e. The second-order valence-corrected chi connectivity index (χ2v) is 8.52. The van der Waals surface area contributed by atoms with Crippen molar-refractivity contribution in [2.75, 3.05) is 11.1 Å². The van der Waals surface area contributed by atoms with Gasteiger partial charge in [-0.2, -0.15) is 0 Å². The molecular formula is C25H24N4O2S. The number of phenolic OH excluding ortho intramolecular Hbond substituents is 1. The van der Waals surface area contributed by atoms with Crippen molar-refractivity contribution >= 4 is 34.1 Å². The SMILES string of the molecule is C=CCn1c(SCC(=O)Nc2ccc(C)cc2C)nnc1-c1cc2ccccc2cc1O. The van der Waals surface area contributed by atoms with Crippen molar-refractivity contribution in [3.8, 4) is 17.1 Å². The molecule has 6 nitrogen and oxygen atoms in total. The number of hydrogen-bond donors (Lipinski definition) is 2. The number of fused-ring (bicyclic) bond motifs is 1. The van der Waals surface area contributed by atoms with E-state index in [1.807, 2.05) is 66.9 Å². The normalized spacial score (nSPS) is 10.9. The Labute approximate surface area is 191 Å². The van der Waals surface area contributed by atoms with Gasteiger partial charge in [-0.15, -0.1) is 16.8 Å². The first-order valence-corrected chi connectivity index (χ1v) is 11.2. The highest BCUT2D eigenvalue weighted by atomic mass is 32.2. The predicted octanol–water partition coefficient (Wildman–Crippen LogP) is 5.34. The fourth-order valence-electron chi connectivity index (χ4n) is 3.57. The van der Waals surface area contributed by atoms with E-state index in [1.54, 1.807) is 12.1 Å². The molecule has 1 heterocycles. The minimum absolute atomic E-state index is 0.120. The molecule has 0 unspecified atom stereocenters. The van der Waals surface area contributed by atoms with Gasteiger partial charge in [-0.05, 0) is 48.4 Å². The first-order chi connectivity index (χ1) is 15.5. The highest BCUT2D eigenvalue weighted by Gasteiger charge is 2.18. The number of aromatic hydroxyl groups is 1. The quantitative estimate of drug-likeness (QED) is 0.297. The minimum atomic E-state index is -0.120. The monoisotopic (exact) mass is 444 g/mol. The fourth-order valence-corrected chi connectivity index (χ4v) is 4.31. The van der Waals surface area contributed by atoms with Crippen LogP contribution in [0.2, 0.25) is 0 Å². The molecule has 4 rings (SSSR count). The summed E-state index contributed by atoms with van der Waals surface area (Å²) >= 11 is 1.30. The maximum Gasteiger partial charge on any atom is 0.234 e. The largest absolute Gasteiger partial charge is 0.507 e. The van der Waals surface area contributed by atoms with Gasteiger partial charge in [-0.25, -0.2) is 0 Å². The standard InChI is InChI=1S/C25H24N4O2S/c1-4-11-29-24(20-13-18-7-5-6-8-19(18)14-22(20)30)27-28-25(29)32-15-23(31)26-21-10-9-16(2)12-17(21)3/h4-10,12-14,30H,1,11,15H2,2-3H3,(H,26,31). The zero-order valence-corrected chi connectivity index (χ0v) is 18.8. The molecule has 7 heteroatoms. The molecule has 1 amide bonds. The van der Waals surface area contributed by atoms with E-state index >= 15 is 0 Å². The maximum atomic E-state index is 12.5. The number of nitrogens with one attached hydrogen (secondary N) is 1. The van der Waals surface area contributed by atoms with Crippen molar-refractivity contribution in [1.29, 1.82) is 0 Å². The maximum absolute atomic E-state index is 12.5. The van der Waals surface area contributed by atoms with E-state index < -0.39 is 0 Å². The van der Waals surface area contributed by atoms with E-state index in [2.05, 4.69) is 22.1 Å². The van der Waals surface area contributed by atoms with E-state index in [0.29, 0.717) is 23.1 Å². The van der Waals surface area contributed by atoms with Crippen LogP contribution in [0.25, 0.3) is 22.2 Å². The van der Waals surface area contributed by atoms with Crippen molar-refractivity contribution in [3.63, 3.8) is 0 Å². The van der Waals surface area contributed by atoms with Crippen molar-refractivity contribution < 1.29 is 9.90 Å². The van der Waals surface area contributed by atoms with Gasteiger partial charge in [0, 0.05) is 12.2 Å². The van der Waals surface area contributed by atoms with Gasteiger partial charge in [0.1, 0.15) is 5.75 Å². The number of allylic oxidation sites excluding steroid dienone is 1. The third-order valence-electron chi connectivity index (χ3n) is 5.12. The van der Waals surface area contributed by atoms with Crippen molar-refractivity contribution in [3.05, 3.63) is 78.4 Å². The summed E-state index contributed by atoms with van der Waals surface area (Å²) in [4.78, 5) is 12.5. The van der Waals surface area contributed by atoms with Gasteiger partial charge in [-0.1, -0.05) is 59.8 Å². The summed E-state index contributed by atoms with van der Waals surface area (Å²) in [6.07, 6.45) is 1.74. The lowest BCUT2D eigenvalue weighted by atomic mass is 10.1. The Morgan fingerprint density at radius 2 is 1.88 bits per heavy atom. The number of amides is 1. The van der Waals surface area contributed by atoms with E-state index in [0.717, 1.165) is 27.6 Å². The van der Waals surface area contributed by atoms with E-state index in [9.17, 15) is 9.90 Å². The highest BCUT2D eigenvalue weighted by Crippen LogP contribution is 2.34. The number of carbonyl (C=O) groups is 1. The molecule has 0 fully saturated rings. The summed E-state index contributed by atoms with van der Waals surface area (Å²) in [6.45, 7) is 8.27. The zero-order valence-electron chi connectivity index (χ0n) is 18.0. The molecule has 0 saturated heterocycles. The molecule has 4 aromatic rings. The van der Waals surface area contributed by atoms with E-state index in [-0.39, 0.29) is 17.4 Å². The van der Waals surface area contributed by atoms with Crippen LogP contribution in [0.1, 0.15) is 11.1 Å². The Morgan fingerprint density at radius 1 is 1.12 bits per heavy atom. The van der Waals surface area contributed by atoms with Crippen LogP contribution in [-0.4, -0.2) is 31.5 Å². The summed E-state index contributed by atoms with van der Waals surface area (Å²) in [7, 11) is 0. The first kappa shape index (κ1) is 21.6. The lowest BCUT2D eigenvalue weighted by molar-refractivity contribution is -0.113. The number of rotatable bonds is 7. The Bertz CT molecular complexity index is 1310. The predicted molar refractivity (Wildman–Crippen MR) is 130 cm³/mol. The summed E-state index contributed by atoms with van der Waals surface area (Å²) in [5.74, 6) is 0.730. The average molecular weight is 445 g/mol.